The van der Waals surface area contributed by atoms with Crippen molar-refractivity contribution in [1.82, 2.24) is 9.55 Å². The summed E-state index contributed by atoms with van der Waals surface area (Å²) in [6, 6.07) is 1.87. The number of hydrogen-bond acceptors (Lipinski definition) is 4. The van der Waals surface area contributed by atoms with E-state index in [9.17, 15) is 18.0 Å². The lowest BCUT2D eigenvalue weighted by molar-refractivity contribution is -0.0223. The number of rotatable bonds is 2. The van der Waals surface area contributed by atoms with Gasteiger partial charge < -0.3 is 10.6 Å². The van der Waals surface area contributed by atoms with Crippen LogP contribution in [0.3, 0.4) is 0 Å². The van der Waals surface area contributed by atoms with E-state index >= 15 is 0 Å². The van der Waals surface area contributed by atoms with Crippen LogP contribution in [0.2, 0.25) is 0 Å². The molecular weight excluding hydrogens is 321 g/mol. The molecule has 0 spiro atoms. The van der Waals surface area contributed by atoms with Gasteiger partial charge in [-0.2, -0.15) is 0 Å². The predicted octanol–water partition coefficient (Wildman–Crippen LogP) is 2.33. The van der Waals surface area contributed by atoms with Crippen molar-refractivity contribution in [3.8, 4) is 0 Å². The molecule has 2 heterocycles. The average Bonchev–Trinajstić information content (AvgIpc) is 2.51. The molecule has 0 bridgehead atoms. The summed E-state index contributed by atoms with van der Waals surface area (Å²) < 4.78 is 41.8. The molecule has 0 radical (unpaired) electrons. The van der Waals surface area contributed by atoms with E-state index in [0.29, 0.717) is 17.0 Å². The average molecular weight is 340 g/mol. The van der Waals surface area contributed by atoms with Crippen LogP contribution in [0, 0.1) is 5.82 Å². The Morgan fingerprint density at radius 2 is 1.92 bits per heavy atom. The molecule has 5 nitrogen and oxygen atoms in total. The number of halogens is 3. The highest BCUT2D eigenvalue weighted by Crippen LogP contribution is 2.30. The van der Waals surface area contributed by atoms with Crippen LogP contribution in [0.4, 0.5) is 19.1 Å². The van der Waals surface area contributed by atoms with Crippen molar-refractivity contribution in [2.45, 2.75) is 31.7 Å². The standard InChI is InChI=1S/C16H19F3N4O/c1-9(20)11-7-10(17)8-12-13(11)21-15(22(2)14(12)24)23-5-3-16(18,19)4-6-23/h7-9H,3-6,20H2,1-2H3/t9-/m1/s1. The number of benzene rings is 1. The molecule has 2 N–H and O–H groups in total. The first-order valence-corrected chi connectivity index (χ1v) is 7.78. The maximum atomic E-state index is 13.8. The number of piperidine rings is 1. The van der Waals surface area contributed by atoms with Crippen molar-refractivity contribution in [2.75, 3.05) is 18.0 Å². The smallest absolute Gasteiger partial charge is 0.262 e. The molecule has 1 aliphatic heterocycles. The summed E-state index contributed by atoms with van der Waals surface area (Å²) in [4.78, 5) is 18.7. The molecule has 1 atom stereocenters. The van der Waals surface area contributed by atoms with Crippen molar-refractivity contribution < 1.29 is 13.2 Å². The third-order valence-corrected chi connectivity index (χ3v) is 4.42. The molecule has 130 valence electrons. The number of fused-ring (bicyclic) bond motifs is 1. The maximum Gasteiger partial charge on any atom is 0.262 e. The quantitative estimate of drug-likeness (QED) is 0.911. The first-order chi connectivity index (χ1) is 11.2. The minimum atomic E-state index is -2.69. The van der Waals surface area contributed by atoms with E-state index in [0.717, 1.165) is 6.07 Å². The predicted molar refractivity (Wildman–Crippen MR) is 85.9 cm³/mol. The number of alkyl halides is 2. The van der Waals surface area contributed by atoms with E-state index in [4.69, 9.17) is 5.73 Å². The van der Waals surface area contributed by atoms with Crippen LogP contribution in [0.25, 0.3) is 10.9 Å². The van der Waals surface area contributed by atoms with Crippen molar-refractivity contribution in [3.05, 3.63) is 33.9 Å². The summed E-state index contributed by atoms with van der Waals surface area (Å²) in [7, 11) is 1.51. The number of nitrogens with zero attached hydrogens (tertiary/aromatic N) is 3. The van der Waals surface area contributed by atoms with Crippen molar-refractivity contribution in [3.63, 3.8) is 0 Å². The van der Waals surface area contributed by atoms with Gasteiger partial charge in [0.1, 0.15) is 5.82 Å². The van der Waals surface area contributed by atoms with Crippen LogP contribution in [-0.4, -0.2) is 28.6 Å². The second-order valence-corrected chi connectivity index (χ2v) is 6.30. The molecule has 1 aromatic carbocycles. The Balaban J connectivity index is 2.17. The topological polar surface area (TPSA) is 64.2 Å². The summed E-state index contributed by atoms with van der Waals surface area (Å²) in [6.45, 7) is 1.88. The summed E-state index contributed by atoms with van der Waals surface area (Å²) in [5, 5.41) is 0.135. The van der Waals surface area contributed by atoms with E-state index in [1.54, 1.807) is 11.8 Å². The van der Waals surface area contributed by atoms with Gasteiger partial charge in [0.05, 0.1) is 10.9 Å². The van der Waals surface area contributed by atoms with E-state index in [1.165, 1.54) is 17.7 Å². The van der Waals surface area contributed by atoms with Gasteiger partial charge in [-0.25, -0.2) is 18.2 Å². The Bertz CT molecular complexity index is 837. The van der Waals surface area contributed by atoms with E-state index in [-0.39, 0.29) is 31.3 Å². The van der Waals surface area contributed by atoms with Gasteiger partial charge in [-0.15, -0.1) is 0 Å². The molecule has 0 aliphatic carbocycles. The highest BCUT2D eigenvalue weighted by Gasteiger charge is 2.35. The van der Waals surface area contributed by atoms with Gasteiger partial charge in [0.25, 0.3) is 11.5 Å². The zero-order valence-electron chi connectivity index (χ0n) is 13.5. The van der Waals surface area contributed by atoms with Gasteiger partial charge in [0, 0.05) is 39.0 Å². The van der Waals surface area contributed by atoms with Crippen molar-refractivity contribution in [1.29, 1.82) is 0 Å². The fraction of sp³-hybridized carbons (Fsp3) is 0.500. The zero-order chi connectivity index (χ0) is 17.6. The SMILES string of the molecule is C[C@@H](N)c1cc(F)cc2c(=O)n(C)c(N3CCC(F)(F)CC3)nc12. The minimum absolute atomic E-state index is 0.105. The highest BCUT2D eigenvalue weighted by atomic mass is 19.3. The Morgan fingerprint density at radius 1 is 1.29 bits per heavy atom. The number of anilines is 1. The van der Waals surface area contributed by atoms with Gasteiger partial charge in [-0.1, -0.05) is 0 Å². The molecule has 0 amide bonds. The third-order valence-electron chi connectivity index (χ3n) is 4.42. The number of aromatic nitrogens is 2. The largest absolute Gasteiger partial charge is 0.342 e. The van der Waals surface area contributed by atoms with E-state index in [2.05, 4.69) is 4.98 Å². The summed E-state index contributed by atoms with van der Waals surface area (Å²) in [5.41, 5.74) is 6.19. The molecule has 8 heteroatoms. The molecule has 0 unspecified atom stereocenters. The van der Waals surface area contributed by atoms with Gasteiger partial charge in [0.15, 0.2) is 0 Å². The second kappa shape index (κ2) is 5.77. The lowest BCUT2D eigenvalue weighted by Gasteiger charge is -2.33. The van der Waals surface area contributed by atoms with Crippen molar-refractivity contribution in [2.24, 2.45) is 12.8 Å². The van der Waals surface area contributed by atoms with E-state index < -0.39 is 23.3 Å². The van der Waals surface area contributed by atoms with Gasteiger partial charge in [-0.05, 0) is 24.6 Å². The van der Waals surface area contributed by atoms with Crippen LogP contribution < -0.4 is 16.2 Å². The minimum Gasteiger partial charge on any atom is -0.342 e. The normalized spacial score (nSPS) is 18.8. The monoisotopic (exact) mass is 340 g/mol. The Morgan fingerprint density at radius 3 is 2.50 bits per heavy atom. The first-order valence-electron chi connectivity index (χ1n) is 7.78. The zero-order valence-corrected chi connectivity index (χ0v) is 13.5. The Labute approximate surface area is 136 Å². The Hall–Kier alpha value is -2.09. The molecule has 1 aliphatic rings. The molecule has 1 fully saturated rings. The van der Waals surface area contributed by atoms with Crippen LogP contribution in [0.5, 0.6) is 0 Å². The summed E-state index contributed by atoms with van der Waals surface area (Å²) in [6.07, 6.45) is -0.574. The van der Waals surface area contributed by atoms with Crippen LogP contribution in [0.1, 0.15) is 31.4 Å². The highest BCUT2D eigenvalue weighted by molar-refractivity contribution is 5.82. The van der Waals surface area contributed by atoms with E-state index in [1.807, 2.05) is 0 Å². The van der Waals surface area contributed by atoms with Crippen LogP contribution >= 0.6 is 0 Å². The fourth-order valence-electron chi connectivity index (χ4n) is 3.02. The molecule has 0 saturated carbocycles. The van der Waals surface area contributed by atoms with Crippen LogP contribution in [0.15, 0.2) is 16.9 Å². The van der Waals surface area contributed by atoms with Gasteiger partial charge in [0.2, 0.25) is 5.95 Å². The maximum absolute atomic E-state index is 13.8. The molecule has 3 rings (SSSR count). The number of hydrogen-bond donors (Lipinski definition) is 1. The molecule has 1 saturated heterocycles. The Kier molecular flexibility index (Phi) is 4.03. The fourth-order valence-corrected chi connectivity index (χ4v) is 3.02. The lowest BCUT2D eigenvalue weighted by Crippen LogP contribution is -2.42. The summed E-state index contributed by atoms with van der Waals surface area (Å²) in [5.74, 6) is -2.94. The molecular formula is C16H19F3N4O. The molecule has 2 aromatic rings. The van der Waals surface area contributed by atoms with Crippen LogP contribution in [-0.2, 0) is 7.05 Å². The molecule has 24 heavy (non-hydrogen) atoms. The van der Waals surface area contributed by atoms with Gasteiger partial charge >= 0.3 is 0 Å². The van der Waals surface area contributed by atoms with Crippen molar-refractivity contribution >= 4 is 16.9 Å². The molecule has 1 aromatic heterocycles. The summed E-state index contributed by atoms with van der Waals surface area (Å²) >= 11 is 0. The second-order valence-electron chi connectivity index (χ2n) is 6.30. The lowest BCUT2D eigenvalue weighted by atomic mass is 10.0. The van der Waals surface area contributed by atoms with Gasteiger partial charge in [-0.3, -0.25) is 9.36 Å². The number of nitrogens with two attached hydrogens (primary N) is 1. The third kappa shape index (κ3) is 2.86. The first kappa shape index (κ1) is 16.8.